The maximum absolute atomic E-state index is 12.9. The van der Waals surface area contributed by atoms with Crippen LogP contribution in [0.5, 0.6) is 0 Å². The summed E-state index contributed by atoms with van der Waals surface area (Å²) in [5.41, 5.74) is -0.563. The van der Waals surface area contributed by atoms with Crippen molar-refractivity contribution in [3.05, 3.63) is 71.1 Å². The van der Waals surface area contributed by atoms with Crippen molar-refractivity contribution in [1.82, 2.24) is 14.7 Å². The number of nitrogens with one attached hydrogen (secondary N) is 1. The number of anilines is 1. The minimum absolute atomic E-state index is 0.0414. The van der Waals surface area contributed by atoms with E-state index in [1.165, 1.54) is 11.1 Å². The number of carbonyl (C=O) groups excluding carboxylic acids is 1. The number of hydrogen-bond donors (Lipinski definition) is 1. The van der Waals surface area contributed by atoms with Crippen LogP contribution in [0.4, 0.5) is 18.9 Å². The highest BCUT2D eigenvalue weighted by atomic mass is 32.2. The number of amides is 1. The Morgan fingerprint density at radius 3 is 2.20 bits per heavy atom. The number of halogens is 3. The fourth-order valence-corrected chi connectivity index (χ4v) is 4.15. The van der Waals surface area contributed by atoms with Crippen LogP contribution in [-0.4, -0.2) is 75.1 Å². The van der Waals surface area contributed by atoms with Gasteiger partial charge in [-0.25, -0.2) is 8.42 Å². The number of para-hydroxylation sites is 1. The number of fused-ring (bicyclic) bond motifs is 3. The summed E-state index contributed by atoms with van der Waals surface area (Å²) in [6.07, 6.45) is 3.13. The third kappa shape index (κ3) is 7.09. The van der Waals surface area contributed by atoms with Crippen LogP contribution in [0, 0.1) is 0 Å². The van der Waals surface area contributed by atoms with Gasteiger partial charge in [0.05, 0.1) is 0 Å². The summed E-state index contributed by atoms with van der Waals surface area (Å²) in [7, 11) is 4.03. The monoisotopic (exact) mass is 579 g/mol. The first-order valence-corrected chi connectivity index (χ1v) is 13.7. The van der Waals surface area contributed by atoms with Crippen LogP contribution in [0.2, 0.25) is 0 Å². The third-order valence-corrected chi connectivity index (χ3v) is 6.72. The predicted octanol–water partition coefficient (Wildman–Crippen LogP) is 2.26. The van der Waals surface area contributed by atoms with E-state index in [4.69, 9.17) is 13.0 Å². The van der Waals surface area contributed by atoms with E-state index in [1.807, 2.05) is 52.1 Å². The van der Waals surface area contributed by atoms with E-state index in [2.05, 4.69) is 68.2 Å². The summed E-state index contributed by atoms with van der Waals surface area (Å²) in [4.78, 5) is 17.1. The van der Waals surface area contributed by atoms with Gasteiger partial charge in [-0.05, 0) is 56.9 Å². The van der Waals surface area contributed by atoms with Crippen molar-refractivity contribution >= 4 is 44.2 Å². The zero-order valence-electron chi connectivity index (χ0n) is 22.9. The topological polar surface area (TPSA) is 101 Å². The zero-order chi connectivity index (χ0) is 29.8. The number of carbonyl (C=O) groups is 1. The molecule has 4 aromatic rings. The summed E-state index contributed by atoms with van der Waals surface area (Å²) in [5, 5.41) is 5.36. The van der Waals surface area contributed by atoms with Crippen molar-refractivity contribution in [2.24, 2.45) is 7.05 Å². The van der Waals surface area contributed by atoms with Gasteiger partial charge in [0.2, 0.25) is 0 Å². The van der Waals surface area contributed by atoms with Gasteiger partial charge in [-0.1, -0.05) is 30.3 Å². The van der Waals surface area contributed by atoms with Crippen LogP contribution in [0.25, 0.3) is 22.5 Å². The molecule has 2 aromatic carbocycles. The minimum atomic E-state index is -6.09. The van der Waals surface area contributed by atoms with Crippen molar-refractivity contribution in [1.29, 1.82) is 0 Å². The first kappa shape index (κ1) is 30.9. The predicted molar refractivity (Wildman–Crippen MR) is 147 cm³/mol. The molecule has 0 aliphatic rings. The van der Waals surface area contributed by atoms with Crippen LogP contribution in [0.1, 0.15) is 22.5 Å². The molecule has 0 saturated heterocycles. The molecule has 0 fully saturated rings. The van der Waals surface area contributed by atoms with Crippen molar-refractivity contribution < 1.29 is 35.6 Å². The lowest BCUT2D eigenvalue weighted by Gasteiger charge is -2.11. The van der Waals surface area contributed by atoms with Crippen LogP contribution in [0.3, 0.4) is 0 Å². The van der Waals surface area contributed by atoms with Crippen LogP contribution in [0.15, 0.2) is 54.6 Å². The molecule has 0 bridgehead atoms. The number of benzene rings is 2. The second kappa shape index (κ2) is 12.2. The largest absolute Gasteiger partial charge is 0.741 e. The zero-order valence-corrected chi connectivity index (χ0v) is 23.7. The average Bonchev–Trinajstić information content (AvgIpc) is 3.36. The first-order valence-electron chi connectivity index (χ1n) is 12.3. The van der Waals surface area contributed by atoms with Crippen molar-refractivity contribution in [2.75, 3.05) is 46.2 Å². The van der Waals surface area contributed by atoms with Crippen molar-refractivity contribution in [2.45, 2.75) is 11.9 Å². The molecular formula is C27H32F3N5O4S. The van der Waals surface area contributed by atoms with Gasteiger partial charge < -0.3 is 19.7 Å². The summed E-state index contributed by atoms with van der Waals surface area (Å²) >= 11 is 0. The number of aromatic nitrogens is 2. The van der Waals surface area contributed by atoms with Gasteiger partial charge in [0.15, 0.2) is 17.2 Å². The lowest BCUT2D eigenvalue weighted by molar-refractivity contribution is -0.736. The summed E-state index contributed by atoms with van der Waals surface area (Å²) in [5.74, 6) is -0.0414. The van der Waals surface area contributed by atoms with E-state index in [9.17, 15) is 18.0 Å². The van der Waals surface area contributed by atoms with Gasteiger partial charge in [-0.2, -0.15) is 13.2 Å². The number of hydrogen-bond acceptors (Lipinski definition) is 6. The second-order valence-electron chi connectivity index (χ2n) is 9.62. The minimum Gasteiger partial charge on any atom is -0.741 e. The Morgan fingerprint density at radius 1 is 1.05 bits per heavy atom. The quantitative estimate of drug-likeness (QED) is 0.156. The molecule has 1 N–H and O–H groups in total. The summed E-state index contributed by atoms with van der Waals surface area (Å²) < 4.78 is 63.0. The molecule has 0 spiro atoms. The van der Waals surface area contributed by atoms with E-state index in [1.54, 1.807) is 0 Å². The normalized spacial score (nSPS) is 12.6. The summed E-state index contributed by atoms with van der Waals surface area (Å²) in [6.45, 7) is 1.61. The third-order valence-electron chi connectivity index (χ3n) is 6.15. The lowest BCUT2D eigenvalue weighted by Crippen LogP contribution is -2.43. The molecule has 1 amide bonds. The van der Waals surface area contributed by atoms with E-state index in [0.717, 1.165) is 34.8 Å². The molecule has 0 aliphatic carbocycles. The van der Waals surface area contributed by atoms with E-state index in [-0.39, 0.29) is 5.91 Å². The van der Waals surface area contributed by atoms with Gasteiger partial charge in [0.1, 0.15) is 11.0 Å². The Kier molecular flexibility index (Phi) is 9.44. The molecule has 0 unspecified atom stereocenters. The Labute approximate surface area is 230 Å². The second-order valence-corrected chi connectivity index (χ2v) is 11.0. The Bertz CT molecular complexity index is 1650. The molecule has 2 heterocycles. The molecule has 0 saturated carbocycles. The van der Waals surface area contributed by atoms with Gasteiger partial charge in [-0.3, -0.25) is 4.79 Å². The van der Waals surface area contributed by atoms with Gasteiger partial charge in [0, 0.05) is 43.0 Å². The van der Waals surface area contributed by atoms with Crippen LogP contribution >= 0.6 is 0 Å². The first-order chi connectivity index (χ1) is 18.6. The molecule has 9 nitrogen and oxygen atoms in total. The Morgan fingerprint density at radius 2 is 1.65 bits per heavy atom. The van der Waals surface area contributed by atoms with Gasteiger partial charge in [0.25, 0.3) is 5.69 Å². The molecule has 4 rings (SSSR count). The maximum atomic E-state index is 12.9. The number of rotatable bonds is 7. The molecule has 13 heteroatoms. The molecule has 216 valence electrons. The van der Waals surface area contributed by atoms with Crippen molar-refractivity contribution in [3.63, 3.8) is 0 Å². The van der Waals surface area contributed by atoms with E-state index >= 15 is 0 Å². The molecule has 2 aromatic heterocycles. The molecule has 0 radical (unpaired) electrons. The fraction of sp³-hybridized carbons (Fsp3) is 0.333. The molecule has 40 heavy (non-hydrogen) atoms. The molecule has 0 atom stereocenters. The summed E-state index contributed by atoms with van der Waals surface area (Å²) in [6, 6.07) is 18.9. The smallest absolute Gasteiger partial charge is 0.485 e. The number of nitrogens with zero attached hydrogens (tertiary/aromatic N) is 4. The van der Waals surface area contributed by atoms with Crippen LogP contribution < -0.4 is 20.1 Å². The fourth-order valence-electron chi connectivity index (χ4n) is 4.15. The van der Waals surface area contributed by atoms with Gasteiger partial charge >= 0.3 is 11.4 Å². The highest BCUT2D eigenvalue weighted by Gasteiger charge is 2.37. The van der Waals surface area contributed by atoms with E-state index < -0.39 is 15.6 Å². The average molecular weight is 580 g/mol. The van der Waals surface area contributed by atoms with Crippen molar-refractivity contribution in [3.8, 4) is 0 Å². The molecule has 0 aliphatic heterocycles. The highest BCUT2D eigenvalue weighted by molar-refractivity contribution is 7.86. The van der Waals surface area contributed by atoms with Crippen LogP contribution in [-0.2, 0) is 17.2 Å². The van der Waals surface area contributed by atoms with Gasteiger partial charge in [-0.15, -0.1) is 9.20 Å². The highest BCUT2D eigenvalue weighted by Crippen LogP contribution is 2.20. The van der Waals surface area contributed by atoms with E-state index in [0.29, 0.717) is 12.2 Å². The Balaban J connectivity index is 0.000000482. The lowest BCUT2D eigenvalue weighted by atomic mass is 10.1. The maximum Gasteiger partial charge on any atom is 0.485 e. The number of aryl methyl sites for hydroxylation is 1. The SMILES string of the molecule is CN(C)CCCNC(=O)c1cc2/c(=C\c3ccc(N(C)C)cc3)c3ccccc3n2[n+]1C.O=S(=O)([O-])C(F)(F)F. The number of alkyl halides is 3. The molecular weight excluding hydrogens is 547 g/mol. The Hall–Kier alpha value is -3.68. The standard InChI is InChI=1S/C26H31N5O.CHF3O3S/c1-28(2)16-8-15-27-26(32)25-18-24-22(17-19-11-13-20(14-12-19)29(3)4)21-9-6-7-10-23(21)31(24)30(25)5;2-1(3,4)8(5,6)7/h6-7,9-14,17-18H,8,15-16H2,1-5H3;(H,5,6,7).